The lowest BCUT2D eigenvalue weighted by atomic mass is 10.1. The minimum Gasteiger partial charge on any atom is -0.419 e. The van der Waals surface area contributed by atoms with Gasteiger partial charge in [0, 0.05) is 0 Å². The van der Waals surface area contributed by atoms with E-state index in [9.17, 15) is 12.8 Å². The largest absolute Gasteiger partial charge is 0.419 e. The van der Waals surface area contributed by atoms with E-state index in [1.54, 1.807) is 12.1 Å². The van der Waals surface area contributed by atoms with Gasteiger partial charge in [-0.25, -0.2) is 17.5 Å². The molecule has 0 aliphatic rings. The molecule has 0 atom stereocenters. The van der Waals surface area contributed by atoms with Crippen molar-refractivity contribution in [2.45, 2.75) is 19.4 Å². The highest BCUT2D eigenvalue weighted by Gasteiger charge is 2.15. The molecule has 3 rings (SSSR count). The van der Waals surface area contributed by atoms with Crippen molar-refractivity contribution in [1.29, 1.82) is 0 Å². The highest BCUT2D eigenvalue weighted by molar-refractivity contribution is 7.89. The second-order valence-corrected chi connectivity index (χ2v) is 7.64. The van der Waals surface area contributed by atoms with Crippen molar-refractivity contribution in [3.05, 3.63) is 71.9 Å². The van der Waals surface area contributed by atoms with Crippen molar-refractivity contribution in [2.24, 2.45) is 0 Å². The molecule has 0 saturated heterocycles. The van der Waals surface area contributed by atoms with Crippen molar-refractivity contribution < 1.29 is 17.2 Å². The molecule has 1 N–H and O–H groups in total. The first-order valence-electron chi connectivity index (χ1n) is 8.12. The van der Waals surface area contributed by atoms with Crippen molar-refractivity contribution in [3.63, 3.8) is 0 Å². The standard InChI is InChI=1S/C18H18FN3O3S/c19-16-11-5-4-10-15(16)18-22-21-17(25-18)13-20-26(23,24)12-6-9-14-7-2-1-3-8-14/h1-5,7-8,10-11,20H,6,9,12-13H2. The number of benzene rings is 2. The van der Waals surface area contributed by atoms with E-state index in [0.29, 0.717) is 12.8 Å². The summed E-state index contributed by atoms with van der Waals surface area (Å²) in [6, 6.07) is 15.7. The van der Waals surface area contributed by atoms with E-state index >= 15 is 0 Å². The molecule has 26 heavy (non-hydrogen) atoms. The van der Waals surface area contributed by atoms with Gasteiger partial charge in [0.25, 0.3) is 5.89 Å². The van der Waals surface area contributed by atoms with Crippen LogP contribution in [0.15, 0.2) is 59.0 Å². The van der Waals surface area contributed by atoms with Gasteiger partial charge in [0.1, 0.15) is 5.82 Å². The summed E-state index contributed by atoms with van der Waals surface area (Å²) in [5.41, 5.74) is 1.27. The van der Waals surface area contributed by atoms with Crippen LogP contribution in [0.25, 0.3) is 11.5 Å². The molecule has 0 fully saturated rings. The maximum Gasteiger partial charge on any atom is 0.250 e. The summed E-state index contributed by atoms with van der Waals surface area (Å²) in [7, 11) is -3.47. The SMILES string of the molecule is O=S(=O)(CCCc1ccccc1)NCc1nnc(-c2ccccc2F)o1. The maximum absolute atomic E-state index is 13.7. The smallest absolute Gasteiger partial charge is 0.250 e. The van der Waals surface area contributed by atoms with E-state index in [1.807, 2.05) is 30.3 Å². The van der Waals surface area contributed by atoms with E-state index in [1.165, 1.54) is 12.1 Å². The fourth-order valence-electron chi connectivity index (χ4n) is 2.42. The fraction of sp³-hybridized carbons (Fsp3) is 0.222. The molecular weight excluding hydrogens is 357 g/mol. The molecule has 0 unspecified atom stereocenters. The Morgan fingerprint density at radius 1 is 1.00 bits per heavy atom. The Bertz CT molecular complexity index is 959. The van der Waals surface area contributed by atoms with Crippen LogP contribution in [0.5, 0.6) is 0 Å². The number of nitrogens with zero attached hydrogens (tertiary/aromatic N) is 2. The minimum absolute atomic E-state index is 0.00377. The topological polar surface area (TPSA) is 85.1 Å². The average molecular weight is 375 g/mol. The summed E-state index contributed by atoms with van der Waals surface area (Å²) in [4.78, 5) is 0. The molecule has 3 aromatic rings. The number of hydrogen-bond acceptors (Lipinski definition) is 5. The molecule has 2 aromatic carbocycles. The summed E-state index contributed by atoms with van der Waals surface area (Å²) >= 11 is 0. The number of nitrogens with one attached hydrogen (secondary N) is 1. The first kappa shape index (κ1) is 18.2. The van der Waals surface area contributed by atoms with Crippen LogP contribution >= 0.6 is 0 Å². The lowest BCUT2D eigenvalue weighted by molar-refractivity contribution is 0.490. The Labute approximate surface area is 151 Å². The summed E-state index contributed by atoms with van der Waals surface area (Å²) in [5.74, 6) is -0.392. The van der Waals surface area contributed by atoms with E-state index < -0.39 is 15.8 Å². The van der Waals surface area contributed by atoms with Crippen molar-refractivity contribution in [3.8, 4) is 11.5 Å². The van der Waals surface area contributed by atoms with E-state index in [-0.39, 0.29) is 29.6 Å². The minimum atomic E-state index is -3.47. The first-order chi connectivity index (χ1) is 12.5. The molecule has 1 heterocycles. The molecule has 0 radical (unpaired) electrons. The predicted molar refractivity (Wildman–Crippen MR) is 95.1 cm³/mol. The molecule has 1 aromatic heterocycles. The molecule has 0 spiro atoms. The van der Waals surface area contributed by atoms with Crippen LogP contribution in [0.1, 0.15) is 17.9 Å². The van der Waals surface area contributed by atoms with Gasteiger partial charge >= 0.3 is 0 Å². The molecule has 0 bridgehead atoms. The van der Waals surface area contributed by atoms with Crippen LogP contribution in [0.3, 0.4) is 0 Å². The molecule has 0 amide bonds. The molecule has 0 aliphatic heterocycles. The lowest BCUT2D eigenvalue weighted by Gasteiger charge is -2.05. The average Bonchev–Trinajstić information content (AvgIpc) is 3.10. The van der Waals surface area contributed by atoms with Gasteiger partial charge in [-0.05, 0) is 30.5 Å². The predicted octanol–water partition coefficient (Wildman–Crippen LogP) is 2.93. The van der Waals surface area contributed by atoms with Crippen LogP contribution < -0.4 is 4.72 Å². The van der Waals surface area contributed by atoms with E-state index in [2.05, 4.69) is 14.9 Å². The number of halogens is 1. The Morgan fingerprint density at radius 2 is 1.73 bits per heavy atom. The summed E-state index contributed by atoms with van der Waals surface area (Å²) in [6.07, 6.45) is 1.18. The Hall–Kier alpha value is -2.58. The van der Waals surface area contributed by atoms with Crippen LogP contribution in [0, 0.1) is 5.82 Å². The highest BCUT2D eigenvalue weighted by Crippen LogP contribution is 2.20. The molecule has 136 valence electrons. The Kier molecular flexibility index (Phi) is 5.75. The number of aryl methyl sites for hydroxylation is 1. The van der Waals surface area contributed by atoms with Gasteiger partial charge in [-0.3, -0.25) is 0 Å². The second-order valence-electron chi connectivity index (χ2n) is 5.71. The number of aromatic nitrogens is 2. The van der Waals surface area contributed by atoms with Gasteiger partial charge in [-0.15, -0.1) is 10.2 Å². The quantitative estimate of drug-likeness (QED) is 0.654. The van der Waals surface area contributed by atoms with E-state index in [4.69, 9.17) is 4.42 Å². The van der Waals surface area contributed by atoms with Crippen molar-refractivity contribution in [1.82, 2.24) is 14.9 Å². The van der Waals surface area contributed by atoms with Crippen molar-refractivity contribution >= 4 is 10.0 Å². The highest BCUT2D eigenvalue weighted by atomic mass is 32.2. The molecule has 8 heteroatoms. The summed E-state index contributed by atoms with van der Waals surface area (Å²) < 4.78 is 45.6. The van der Waals surface area contributed by atoms with Crippen LogP contribution in [-0.2, 0) is 23.0 Å². The van der Waals surface area contributed by atoms with Crippen LogP contribution in [0.2, 0.25) is 0 Å². The van der Waals surface area contributed by atoms with Gasteiger partial charge in [0.15, 0.2) is 0 Å². The number of rotatable bonds is 8. The van der Waals surface area contributed by atoms with Gasteiger partial charge in [0.2, 0.25) is 15.9 Å². The Morgan fingerprint density at radius 3 is 2.50 bits per heavy atom. The molecule has 0 aliphatic carbocycles. The normalized spacial score (nSPS) is 11.6. The summed E-state index contributed by atoms with van der Waals surface area (Å²) in [5, 5.41) is 7.51. The monoisotopic (exact) mass is 375 g/mol. The molecular formula is C18H18FN3O3S. The van der Waals surface area contributed by atoms with Gasteiger partial charge in [-0.2, -0.15) is 0 Å². The third kappa shape index (κ3) is 4.96. The van der Waals surface area contributed by atoms with Crippen LogP contribution in [-0.4, -0.2) is 24.4 Å². The second kappa shape index (κ2) is 8.20. The zero-order valence-electron chi connectivity index (χ0n) is 13.9. The molecule has 0 saturated carbocycles. The lowest BCUT2D eigenvalue weighted by Crippen LogP contribution is -2.26. The number of sulfonamides is 1. The van der Waals surface area contributed by atoms with Crippen LogP contribution in [0.4, 0.5) is 4.39 Å². The zero-order valence-corrected chi connectivity index (χ0v) is 14.7. The van der Waals surface area contributed by atoms with Gasteiger partial charge in [0.05, 0.1) is 17.9 Å². The number of hydrogen-bond donors (Lipinski definition) is 1. The third-order valence-corrected chi connectivity index (χ3v) is 5.15. The fourth-order valence-corrected chi connectivity index (χ4v) is 3.44. The molecule has 6 nitrogen and oxygen atoms in total. The third-order valence-electron chi connectivity index (χ3n) is 3.74. The van der Waals surface area contributed by atoms with Gasteiger partial charge in [-0.1, -0.05) is 42.5 Å². The maximum atomic E-state index is 13.7. The zero-order chi connectivity index (χ0) is 18.4. The summed E-state index contributed by atoms with van der Waals surface area (Å²) in [6.45, 7) is -0.130. The van der Waals surface area contributed by atoms with Gasteiger partial charge < -0.3 is 4.42 Å². The van der Waals surface area contributed by atoms with E-state index in [0.717, 1.165) is 5.56 Å². The first-order valence-corrected chi connectivity index (χ1v) is 9.77. The Balaban J connectivity index is 1.52. The van der Waals surface area contributed by atoms with Crippen molar-refractivity contribution in [2.75, 3.05) is 5.75 Å².